The average Bonchev–Trinajstić information content (AvgIpc) is 3.24. The summed E-state index contributed by atoms with van der Waals surface area (Å²) in [5.41, 5.74) is 2.01. The van der Waals surface area contributed by atoms with Gasteiger partial charge in [0.1, 0.15) is 5.75 Å². The lowest BCUT2D eigenvalue weighted by Crippen LogP contribution is -2.40. The van der Waals surface area contributed by atoms with Gasteiger partial charge < -0.3 is 10.1 Å². The third kappa shape index (κ3) is 3.68. The van der Waals surface area contributed by atoms with E-state index < -0.39 is 0 Å². The van der Waals surface area contributed by atoms with Crippen LogP contribution in [0, 0.1) is 0 Å². The van der Waals surface area contributed by atoms with E-state index in [0.29, 0.717) is 17.8 Å². The van der Waals surface area contributed by atoms with E-state index >= 15 is 0 Å². The Labute approximate surface area is 163 Å². The summed E-state index contributed by atoms with van der Waals surface area (Å²) in [6.45, 7) is 2.52. The zero-order valence-corrected chi connectivity index (χ0v) is 15.9. The molecule has 1 atom stereocenters. The molecule has 2 aromatic heterocycles. The molecule has 3 aromatic rings. The maximum Gasteiger partial charge on any atom is 0.255 e. The second kappa shape index (κ2) is 8.35. The molecule has 1 aliphatic rings. The zero-order valence-electron chi connectivity index (χ0n) is 15.9. The van der Waals surface area contributed by atoms with Gasteiger partial charge in [0.25, 0.3) is 5.91 Å². The van der Waals surface area contributed by atoms with Crippen LogP contribution in [0.15, 0.2) is 42.6 Å². The molecule has 0 aliphatic carbocycles. The number of fused-ring (bicyclic) bond motifs is 1. The number of rotatable bonds is 6. The van der Waals surface area contributed by atoms with Crippen LogP contribution in [-0.4, -0.2) is 57.6 Å². The number of piperidine rings is 1. The van der Waals surface area contributed by atoms with Gasteiger partial charge >= 0.3 is 0 Å². The average molecular weight is 380 g/mol. The Balaban J connectivity index is 1.57. The lowest BCUT2D eigenvalue weighted by Gasteiger charge is -2.35. The van der Waals surface area contributed by atoms with E-state index in [-0.39, 0.29) is 11.9 Å². The number of para-hydroxylation sites is 1. The van der Waals surface area contributed by atoms with Crippen molar-refractivity contribution in [2.75, 3.05) is 26.7 Å². The number of amides is 1. The molecule has 0 spiro atoms. The molecule has 0 bridgehead atoms. The van der Waals surface area contributed by atoms with Crippen molar-refractivity contribution in [1.82, 2.24) is 30.3 Å². The van der Waals surface area contributed by atoms with Crippen molar-refractivity contribution in [3.63, 3.8) is 0 Å². The van der Waals surface area contributed by atoms with E-state index in [9.17, 15) is 4.79 Å². The summed E-state index contributed by atoms with van der Waals surface area (Å²) in [7, 11) is 1.68. The van der Waals surface area contributed by atoms with Gasteiger partial charge in [-0.05, 0) is 54.6 Å². The van der Waals surface area contributed by atoms with Crippen molar-refractivity contribution >= 4 is 11.6 Å². The highest BCUT2D eigenvalue weighted by Crippen LogP contribution is 2.31. The van der Waals surface area contributed by atoms with Crippen LogP contribution in [-0.2, 0) is 0 Å². The molecule has 8 heteroatoms. The minimum Gasteiger partial charge on any atom is -0.496 e. The van der Waals surface area contributed by atoms with Crippen molar-refractivity contribution in [2.24, 2.45) is 0 Å². The number of carbonyl (C=O) groups excluding carboxylic acids is 1. The number of pyridine rings is 1. The fourth-order valence-electron chi connectivity index (χ4n) is 3.84. The minimum absolute atomic E-state index is 0.0520. The van der Waals surface area contributed by atoms with Crippen molar-refractivity contribution in [3.8, 4) is 5.75 Å². The van der Waals surface area contributed by atoms with Crippen LogP contribution < -0.4 is 10.1 Å². The van der Waals surface area contributed by atoms with Crippen LogP contribution in [0.1, 0.15) is 41.2 Å². The largest absolute Gasteiger partial charge is 0.496 e. The second-order valence-electron chi connectivity index (χ2n) is 6.93. The highest BCUT2D eigenvalue weighted by molar-refractivity contribution is 5.99. The Hall–Kier alpha value is -3.00. The van der Waals surface area contributed by atoms with Crippen LogP contribution in [0.25, 0.3) is 5.65 Å². The number of carbonyl (C=O) groups is 1. The molecular formula is C20H24N6O2. The van der Waals surface area contributed by atoms with Gasteiger partial charge in [-0.2, -0.15) is 4.52 Å². The Morgan fingerprint density at radius 2 is 2.00 bits per heavy atom. The van der Waals surface area contributed by atoms with Crippen LogP contribution >= 0.6 is 0 Å². The molecule has 0 unspecified atom stereocenters. The number of aromatic nitrogens is 4. The quantitative estimate of drug-likeness (QED) is 0.705. The highest BCUT2D eigenvalue weighted by Gasteiger charge is 2.26. The van der Waals surface area contributed by atoms with E-state index in [1.54, 1.807) is 25.4 Å². The molecule has 1 fully saturated rings. The summed E-state index contributed by atoms with van der Waals surface area (Å²) in [6.07, 6.45) is 5.31. The Morgan fingerprint density at radius 1 is 1.18 bits per heavy atom. The van der Waals surface area contributed by atoms with Gasteiger partial charge in [0.2, 0.25) is 0 Å². The van der Waals surface area contributed by atoms with E-state index in [2.05, 4.69) is 31.8 Å². The molecule has 0 saturated carbocycles. The Bertz CT molecular complexity index is 951. The molecule has 8 nitrogen and oxygen atoms in total. The molecule has 28 heavy (non-hydrogen) atoms. The van der Waals surface area contributed by atoms with Gasteiger partial charge in [0.15, 0.2) is 5.65 Å². The summed E-state index contributed by atoms with van der Waals surface area (Å²) < 4.78 is 7.08. The molecule has 3 heterocycles. The number of nitrogens with one attached hydrogen (secondary N) is 1. The first kappa shape index (κ1) is 18.4. The fourth-order valence-corrected chi connectivity index (χ4v) is 3.84. The minimum atomic E-state index is -0.183. The molecule has 0 radical (unpaired) electrons. The van der Waals surface area contributed by atoms with Crippen molar-refractivity contribution in [3.05, 3.63) is 53.7 Å². The second-order valence-corrected chi connectivity index (χ2v) is 6.93. The van der Waals surface area contributed by atoms with Gasteiger partial charge in [-0.1, -0.05) is 24.6 Å². The Kier molecular flexibility index (Phi) is 5.48. The van der Waals surface area contributed by atoms with Crippen molar-refractivity contribution in [1.29, 1.82) is 0 Å². The van der Waals surface area contributed by atoms with E-state index in [1.165, 1.54) is 23.8 Å². The molecule has 1 aromatic carbocycles. The van der Waals surface area contributed by atoms with E-state index in [1.807, 2.05) is 18.2 Å². The van der Waals surface area contributed by atoms with Gasteiger partial charge in [0.05, 0.1) is 18.7 Å². The monoisotopic (exact) mass is 380 g/mol. The summed E-state index contributed by atoms with van der Waals surface area (Å²) in [6, 6.07) is 11.6. The van der Waals surface area contributed by atoms with Gasteiger partial charge in [0, 0.05) is 18.3 Å². The summed E-state index contributed by atoms with van der Waals surface area (Å²) in [5, 5.41) is 14.5. The number of benzene rings is 1. The number of nitrogens with zero attached hydrogens (tertiary/aromatic N) is 5. The molecular weight excluding hydrogens is 356 g/mol. The van der Waals surface area contributed by atoms with Crippen molar-refractivity contribution < 1.29 is 9.53 Å². The van der Waals surface area contributed by atoms with Gasteiger partial charge in [-0.15, -0.1) is 5.10 Å². The van der Waals surface area contributed by atoms with Crippen LogP contribution in [0.2, 0.25) is 0 Å². The van der Waals surface area contributed by atoms with Gasteiger partial charge in [-0.3, -0.25) is 9.69 Å². The molecule has 1 N–H and O–H groups in total. The summed E-state index contributed by atoms with van der Waals surface area (Å²) in [4.78, 5) is 15.3. The number of hydrogen-bond donors (Lipinski definition) is 1. The number of hydrogen-bond acceptors (Lipinski definition) is 6. The molecule has 1 amide bonds. The maximum atomic E-state index is 12.9. The predicted octanol–water partition coefficient (Wildman–Crippen LogP) is 2.09. The zero-order chi connectivity index (χ0) is 19.3. The van der Waals surface area contributed by atoms with Crippen molar-refractivity contribution in [2.45, 2.75) is 25.3 Å². The highest BCUT2D eigenvalue weighted by atomic mass is 16.5. The van der Waals surface area contributed by atoms with Crippen LogP contribution in [0.5, 0.6) is 5.75 Å². The smallest absolute Gasteiger partial charge is 0.255 e. The summed E-state index contributed by atoms with van der Waals surface area (Å²) >= 11 is 0. The standard InChI is InChI=1S/C20H24N6O2/c1-28-18-10-4-3-8-15(18)17(25-11-5-2-6-12-25)14-21-20(27)16-9-7-13-26-19(16)22-23-24-26/h3-4,7-10,13,17H,2,5-6,11-12,14H2,1H3,(H,21,27)/t17-/m0/s1. The number of methoxy groups -OCH3 is 1. The topological polar surface area (TPSA) is 84.6 Å². The molecule has 4 rings (SSSR count). The number of likely N-dealkylation sites (tertiary alicyclic amines) is 1. The maximum absolute atomic E-state index is 12.9. The predicted molar refractivity (Wildman–Crippen MR) is 104 cm³/mol. The SMILES string of the molecule is COc1ccccc1[C@H](CNC(=O)c1cccn2nnnc12)N1CCCCC1. The molecule has 1 saturated heterocycles. The van der Waals surface area contributed by atoms with E-state index in [0.717, 1.165) is 24.4 Å². The number of tetrazole rings is 1. The van der Waals surface area contributed by atoms with Crippen LogP contribution in [0.3, 0.4) is 0 Å². The first-order chi connectivity index (χ1) is 13.8. The Morgan fingerprint density at radius 3 is 2.82 bits per heavy atom. The lowest BCUT2D eigenvalue weighted by atomic mass is 10.0. The summed E-state index contributed by atoms with van der Waals surface area (Å²) in [5.74, 6) is 0.661. The van der Waals surface area contributed by atoms with Crippen LogP contribution in [0.4, 0.5) is 0 Å². The first-order valence-corrected chi connectivity index (χ1v) is 9.60. The fraction of sp³-hybridized carbons (Fsp3) is 0.400. The number of ether oxygens (including phenoxy) is 1. The molecule has 1 aliphatic heterocycles. The van der Waals surface area contributed by atoms with E-state index in [4.69, 9.17) is 4.74 Å². The lowest BCUT2D eigenvalue weighted by molar-refractivity contribution is 0.0924. The first-order valence-electron chi connectivity index (χ1n) is 9.60. The third-order valence-electron chi connectivity index (χ3n) is 5.25. The third-order valence-corrected chi connectivity index (χ3v) is 5.25. The normalized spacial score (nSPS) is 16.0. The van der Waals surface area contributed by atoms with Gasteiger partial charge in [-0.25, -0.2) is 0 Å². The molecule has 146 valence electrons.